The minimum atomic E-state index is 0.676. The van der Waals surface area contributed by atoms with Crippen LogP contribution in [0.25, 0.3) is 0 Å². The molecule has 0 unspecified atom stereocenters. The van der Waals surface area contributed by atoms with Crippen LogP contribution < -0.4 is 0 Å². The fourth-order valence-corrected chi connectivity index (χ4v) is 4.58. The molecule has 0 aromatic heterocycles. The van der Waals surface area contributed by atoms with Gasteiger partial charge in [0.25, 0.3) is 0 Å². The second-order valence-electron chi connectivity index (χ2n) is 5.24. The Hall–Kier alpha value is -0.0800. The first kappa shape index (κ1) is 5.61. The number of rotatable bonds is 0. The zero-order valence-electron chi connectivity index (χ0n) is 6.85. The number of fused-ring (bicyclic) bond motifs is 10. The van der Waals surface area contributed by atoms with E-state index >= 15 is 0 Å². The van der Waals surface area contributed by atoms with Crippen LogP contribution in [0.3, 0.4) is 0 Å². The van der Waals surface area contributed by atoms with Crippen LogP contribution in [0.1, 0.15) is 12.8 Å². The van der Waals surface area contributed by atoms with E-state index in [9.17, 15) is 0 Å². The molecule has 64 valence electrons. The highest BCUT2D eigenvalue weighted by Gasteiger charge is 2.74. The Labute approximate surface area is 71.2 Å². The van der Waals surface area contributed by atoms with Gasteiger partial charge in [-0.05, 0) is 36.5 Å². The summed E-state index contributed by atoms with van der Waals surface area (Å²) in [7, 11) is 0. The lowest BCUT2D eigenvalue weighted by molar-refractivity contribution is 0.162. The quantitative estimate of drug-likeness (QED) is 0.495. The summed E-state index contributed by atoms with van der Waals surface area (Å²) >= 11 is 0. The van der Waals surface area contributed by atoms with Gasteiger partial charge < -0.3 is 9.47 Å². The van der Waals surface area contributed by atoms with Gasteiger partial charge in [-0.1, -0.05) is 0 Å². The number of hydrogen-bond donors (Lipinski definition) is 0. The zero-order valence-corrected chi connectivity index (χ0v) is 6.85. The molecule has 12 heavy (non-hydrogen) atoms. The van der Waals surface area contributed by atoms with Crippen molar-refractivity contribution in [3.8, 4) is 0 Å². The first-order chi connectivity index (χ1) is 5.93. The van der Waals surface area contributed by atoms with E-state index in [-0.39, 0.29) is 0 Å². The van der Waals surface area contributed by atoms with Crippen molar-refractivity contribution < 1.29 is 9.47 Å². The molecule has 3 saturated carbocycles. The van der Waals surface area contributed by atoms with Crippen LogP contribution in [0.5, 0.6) is 0 Å². The molecule has 0 aromatic carbocycles. The van der Waals surface area contributed by atoms with Gasteiger partial charge in [0.1, 0.15) is 0 Å². The monoisotopic (exact) mass is 164 g/mol. The van der Waals surface area contributed by atoms with Crippen LogP contribution >= 0.6 is 0 Å². The van der Waals surface area contributed by atoms with Gasteiger partial charge >= 0.3 is 0 Å². The lowest BCUT2D eigenvalue weighted by Gasteiger charge is -2.22. The zero-order chi connectivity index (χ0) is 7.45. The summed E-state index contributed by atoms with van der Waals surface area (Å²) in [5.74, 6) is 3.77. The van der Waals surface area contributed by atoms with Crippen LogP contribution in [-0.4, -0.2) is 24.4 Å². The van der Waals surface area contributed by atoms with Crippen LogP contribution in [0, 0.1) is 23.7 Å². The summed E-state index contributed by atoms with van der Waals surface area (Å²) < 4.78 is 11.3. The molecule has 0 spiro atoms. The van der Waals surface area contributed by atoms with Crippen molar-refractivity contribution in [2.45, 2.75) is 37.3 Å². The molecule has 0 aromatic rings. The Bertz CT molecular complexity index is 273. The van der Waals surface area contributed by atoms with Gasteiger partial charge in [0, 0.05) is 0 Å². The summed E-state index contributed by atoms with van der Waals surface area (Å²) in [6.07, 6.45) is 5.58. The minimum absolute atomic E-state index is 0.676. The lowest BCUT2D eigenvalue weighted by atomic mass is 9.81. The smallest absolute Gasteiger partial charge is 0.0876 e. The SMILES string of the molecule is C1[C@@H]2[C@H]3C[C@@H]4O[C@@H]4[C@H]3[C@H]1[C@H]1O[C@@H]21. The van der Waals surface area contributed by atoms with Crippen LogP contribution in [0.4, 0.5) is 0 Å². The maximum absolute atomic E-state index is 5.69. The standard InChI is InChI=1S/C10H12O2/c1-4-3-2-6-10(11-6)7(3)5(1)9-8(4)12-9/h3-10H,1-2H2/t3-,4-,5+,6+,7-,8+,9-,10+/m1/s1. The fourth-order valence-electron chi connectivity index (χ4n) is 4.58. The molecule has 0 radical (unpaired) electrons. The van der Waals surface area contributed by atoms with Gasteiger partial charge in [0.15, 0.2) is 0 Å². The van der Waals surface area contributed by atoms with E-state index in [0.717, 1.165) is 23.7 Å². The van der Waals surface area contributed by atoms with Crippen LogP contribution in [0.15, 0.2) is 0 Å². The summed E-state index contributed by atoms with van der Waals surface area (Å²) in [6.45, 7) is 0. The van der Waals surface area contributed by atoms with E-state index in [1.54, 1.807) is 0 Å². The Morgan fingerprint density at radius 2 is 1.67 bits per heavy atom. The predicted molar refractivity (Wildman–Crippen MR) is 40.5 cm³/mol. The molecule has 2 nitrogen and oxygen atoms in total. The van der Waals surface area contributed by atoms with Gasteiger partial charge in [-0.25, -0.2) is 0 Å². The van der Waals surface area contributed by atoms with E-state index < -0.39 is 0 Å². The van der Waals surface area contributed by atoms with Gasteiger partial charge in [-0.2, -0.15) is 0 Å². The normalized spacial score (nSPS) is 80.0. The number of hydrogen-bond acceptors (Lipinski definition) is 2. The molecule has 5 rings (SSSR count). The number of epoxide rings is 2. The third-order valence-corrected chi connectivity index (χ3v) is 4.99. The van der Waals surface area contributed by atoms with Gasteiger partial charge in [-0.3, -0.25) is 0 Å². The Morgan fingerprint density at radius 1 is 0.750 bits per heavy atom. The molecule has 8 atom stereocenters. The molecule has 0 N–H and O–H groups in total. The third kappa shape index (κ3) is 0.409. The maximum atomic E-state index is 5.69. The van der Waals surface area contributed by atoms with Crippen molar-refractivity contribution in [1.82, 2.24) is 0 Å². The third-order valence-electron chi connectivity index (χ3n) is 4.99. The molecule has 2 aliphatic heterocycles. The van der Waals surface area contributed by atoms with Gasteiger partial charge in [0.2, 0.25) is 0 Å². The topological polar surface area (TPSA) is 25.1 Å². The lowest BCUT2D eigenvalue weighted by Crippen LogP contribution is -2.27. The van der Waals surface area contributed by atoms with Crippen molar-refractivity contribution in [1.29, 1.82) is 0 Å². The Morgan fingerprint density at radius 3 is 2.67 bits per heavy atom. The largest absolute Gasteiger partial charge is 0.369 e. The van der Waals surface area contributed by atoms with Gasteiger partial charge in [0.05, 0.1) is 24.4 Å². The molecule has 2 heteroatoms. The molecule has 3 aliphatic carbocycles. The molecule has 0 amide bonds. The van der Waals surface area contributed by atoms with Crippen molar-refractivity contribution >= 4 is 0 Å². The van der Waals surface area contributed by atoms with E-state index in [2.05, 4.69) is 0 Å². The van der Waals surface area contributed by atoms with Crippen molar-refractivity contribution in [3.05, 3.63) is 0 Å². The van der Waals surface area contributed by atoms with E-state index in [1.807, 2.05) is 0 Å². The number of ether oxygens (including phenoxy) is 2. The van der Waals surface area contributed by atoms with Crippen LogP contribution in [-0.2, 0) is 9.47 Å². The van der Waals surface area contributed by atoms with Crippen LogP contribution in [0.2, 0.25) is 0 Å². The van der Waals surface area contributed by atoms with E-state index in [4.69, 9.17) is 9.47 Å². The second-order valence-corrected chi connectivity index (χ2v) is 5.24. The second kappa shape index (κ2) is 1.38. The maximum Gasteiger partial charge on any atom is 0.0876 e. The fraction of sp³-hybridized carbons (Fsp3) is 1.00. The van der Waals surface area contributed by atoms with E-state index in [1.165, 1.54) is 12.8 Å². The predicted octanol–water partition coefficient (Wildman–Crippen LogP) is 0.807. The van der Waals surface area contributed by atoms with Gasteiger partial charge in [-0.15, -0.1) is 0 Å². The highest BCUT2D eigenvalue weighted by Crippen LogP contribution is 2.69. The average molecular weight is 164 g/mol. The Kier molecular flexibility index (Phi) is 0.644. The summed E-state index contributed by atoms with van der Waals surface area (Å²) in [5, 5.41) is 0. The summed E-state index contributed by atoms with van der Waals surface area (Å²) in [4.78, 5) is 0. The molecule has 5 aliphatic rings. The first-order valence-corrected chi connectivity index (χ1v) is 5.24. The molecule has 2 saturated heterocycles. The summed E-state index contributed by atoms with van der Waals surface area (Å²) in [6, 6.07) is 0. The molecular formula is C10H12O2. The van der Waals surface area contributed by atoms with E-state index in [0.29, 0.717) is 24.4 Å². The molecular weight excluding hydrogens is 152 g/mol. The molecule has 2 bridgehead atoms. The minimum Gasteiger partial charge on any atom is -0.369 e. The highest BCUT2D eigenvalue weighted by atomic mass is 16.6. The average Bonchev–Trinajstić information content (AvgIpc) is 2.92. The molecule has 5 fully saturated rings. The summed E-state index contributed by atoms with van der Waals surface area (Å²) in [5.41, 5.74) is 0. The van der Waals surface area contributed by atoms with Crippen molar-refractivity contribution in [2.24, 2.45) is 23.7 Å². The van der Waals surface area contributed by atoms with Crippen molar-refractivity contribution in [2.75, 3.05) is 0 Å². The van der Waals surface area contributed by atoms with Crippen molar-refractivity contribution in [3.63, 3.8) is 0 Å². The highest BCUT2D eigenvalue weighted by molar-refractivity contribution is 5.21. The first-order valence-electron chi connectivity index (χ1n) is 5.24. The molecule has 2 heterocycles. The Balaban J connectivity index is 1.66.